The zero-order chi connectivity index (χ0) is 24.3. The topological polar surface area (TPSA) is 85.2 Å². The first-order valence-corrected chi connectivity index (χ1v) is 11.8. The summed E-state index contributed by atoms with van der Waals surface area (Å²) in [7, 11) is 2.15. The van der Waals surface area contributed by atoms with Crippen molar-refractivity contribution in [3.8, 4) is 16.9 Å². The molecule has 0 aliphatic carbocycles. The normalized spacial score (nSPS) is 15.3. The minimum absolute atomic E-state index is 0.214. The van der Waals surface area contributed by atoms with Gasteiger partial charge >= 0.3 is 0 Å². The second kappa shape index (κ2) is 9.93. The van der Waals surface area contributed by atoms with E-state index in [1.165, 1.54) is 0 Å². The lowest BCUT2D eigenvalue weighted by Crippen LogP contribution is -2.35. The van der Waals surface area contributed by atoms with Crippen molar-refractivity contribution in [3.05, 3.63) is 59.7 Å². The number of amides is 1. The standard InChI is InChI=1S/C26H34N6O2/c1-18-14-19(22-8-11-27-16-24(22)34-21-9-12-31(5)13-10-21)6-7-20(18)15-28-25(33)23-17-32(30-29-23)26(2,3)4/h6-8,11,14,16-17,21H,9-10,12-13,15H2,1-5H3,(H,28,33). The summed E-state index contributed by atoms with van der Waals surface area (Å²) >= 11 is 0. The third-order valence-corrected chi connectivity index (χ3v) is 6.25. The van der Waals surface area contributed by atoms with Crippen molar-refractivity contribution in [2.45, 2.75) is 58.7 Å². The highest BCUT2D eigenvalue weighted by molar-refractivity contribution is 5.91. The number of likely N-dealkylation sites (tertiary alicyclic amines) is 1. The molecule has 0 atom stereocenters. The maximum atomic E-state index is 12.6. The lowest BCUT2D eigenvalue weighted by Gasteiger charge is -2.29. The van der Waals surface area contributed by atoms with Gasteiger partial charge in [-0.1, -0.05) is 23.4 Å². The van der Waals surface area contributed by atoms with Crippen LogP contribution in [-0.2, 0) is 12.1 Å². The zero-order valence-electron chi connectivity index (χ0n) is 20.7. The Hall–Kier alpha value is -3.26. The summed E-state index contributed by atoms with van der Waals surface area (Å²) in [6.45, 7) is 10.6. The first kappa shape index (κ1) is 23.9. The van der Waals surface area contributed by atoms with Crippen molar-refractivity contribution in [1.82, 2.24) is 30.2 Å². The largest absolute Gasteiger partial charge is 0.488 e. The van der Waals surface area contributed by atoms with E-state index < -0.39 is 0 Å². The van der Waals surface area contributed by atoms with Gasteiger partial charge in [0, 0.05) is 31.4 Å². The van der Waals surface area contributed by atoms with E-state index in [9.17, 15) is 4.79 Å². The number of aromatic nitrogens is 4. The molecule has 1 N–H and O–H groups in total. The van der Waals surface area contributed by atoms with Gasteiger partial charge in [0.1, 0.15) is 11.9 Å². The maximum absolute atomic E-state index is 12.6. The van der Waals surface area contributed by atoms with Crippen molar-refractivity contribution in [3.63, 3.8) is 0 Å². The van der Waals surface area contributed by atoms with Crippen LogP contribution in [0.5, 0.6) is 5.75 Å². The van der Waals surface area contributed by atoms with E-state index in [1.54, 1.807) is 17.1 Å². The van der Waals surface area contributed by atoms with Gasteiger partial charge < -0.3 is 15.0 Å². The van der Waals surface area contributed by atoms with Crippen LogP contribution >= 0.6 is 0 Å². The Bertz CT molecular complexity index is 1140. The number of benzene rings is 1. The molecule has 3 aromatic rings. The van der Waals surface area contributed by atoms with Crippen LogP contribution in [0.4, 0.5) is 0 Å². The highest BCUT2D eigenvalue weighted by Crippen LogP contribution is 2.32. The maximum Gasteiger partial charge on any atom is 0.273 e. The number of ether oxygens (including phenoxy) is 1. The van der Waals surface area contributed by atoms with Gasteiger partial charge in [0.15, 0.2) is 5.69 Å². The van der Waals surface area contributed by atoms with Crippen LogP contribution in [0.25, 0.3) is 11.1 Å². The highest BCUT2D eigenvalue weighted by atomic mass is 16.5. The Morgan fingerprint density at radius 2 is 1.97 bits per heavy atom. The van der Waals surface area contributed by atoms with Crippen molar-refractivity contribution in [1.29, 1.82) is 0 Å². The van der Waals surface area contributed by atoms with Crippen LogP contribution in [0.3, 0.4) is 0 Å². The summed E-state index contributed by atoms with van der Waals surface area (Å²) in [4.78, 5) is 19.2. The Morgan fingerprint density at radius 3 is 2.65 bits per heavy atom. The predicted octanol–water partition coefficient (Wildman–Crippen LogP) is 3.81. The second-order valence-electron chi connectivity index (χ2n) is 10.0. The minimum Gasteiger partial charge on any atom is -0.488 e. The molecule has 2 aromatic heterocycles. The number of pyridine rings is 1. The minimum atomic E-state index is -0.234. The Labute approximate surface area is 201 Å². The molecule has 34 heavy (non-hydrogen) atoms. The van der Waals surface area contributed by atoms with Gasteiger partial charge in [-0.3, -0.25) is 9.78 Å². The fourth-order valence-corrected chi connectivity index (χ4v) is 4.02. The zero-order valence-corrected chi connectivity index (χ0v) is 20.7. The predicted molar refractivity (Wildman–Crippen MR) is 132 cm³/mol. The molecular formula is C26H34N6O2. The van der Waals surface area contributed by atoms with Crippen LogP contribution < -0.4 is 10.1 Å². The van der Waals surface area contributed by atoms with Gasteiger partial charge in [-0.2, -0.15) is 0 Å². The highest BCUT2D eigenvalue weighted by Gasteiger charge is 2.20. The molecule has 1 aliphatic heterocycles. The second-order valence-corrected chi connectivity index (χ2v) is 10.0. The first-order valence-electron chi connectivity index (χ1n) is 11.8. The molecule has 1 aliphatic rings. The SMILES string of the molecule is Cc1cc(-c2ccncc2OC2CCN(C)CC2)ccc1CNC(=O)c1cn(C(C)(C)C)nn1. The summed E-state index contributed by atoms with van der Waals surface area (Å²) in [5.41, 5.74) is 4.35. The van der Waals surface area contributed by atoms with E-state index >= 15 is 0 Å². The lowest BCUT2D eigenvalue weighted by molar-refractivity contribution is 0.0945. The van der Waals surface area contributed by atoms with Crippen molar-refractivity contribution in [2.75, 3.05) is 20.1 Å². The summed E-state index contributed by atoms with van der Waals surface area (Å²) in [6, 6.07) is 8.26. The average molecular weight is 463 g/mol. The number of nitrogens with one attached hydrogen (secondary N) is 1. The monoisotopic (exact) mass is 462 g/mol. The fourth-order valence-electron chi connectivity index (χ4n) is 4.02. The van der Waals surface area contributed by atoms with Gasteiger partial charge in [-0.05, 0) is 70.3 Å². The number of hydrogen-bond donors (Lipinski definition) is 1. The lowest BCUT2D eigenvalue weighted by atomic mass is 9.99. The van der Waals surface area contributed by atoms with E-state index in [2.05, 4.69) is 57.7 Å². The molecule has 1 fully saturated rings. The number of carbonyl (C=O) groups is 1. The molecule has 0 saturated carbocycles. The third-order valence-electron chi connectivity index (χ3n) is 6.25. The number of carbonyl (C=O) groups excluding carboxylic acids is 1. The number of nitrogens with zero attached hydrogens (tertiary/aromatic N) is 5. The number of rotatable bonds is 6. The smallest absolute Gasteiger partial charge is 0.273 e. The molecule has 3 heterocycles. The van der Waals surface area contributed by atoms with E-state index in [-0.39, 0.29) is 17.6 Å². The molecule has 0 radical (unpaired) electrons. The Morgan fingerprint density at radius 1 is 1.21 bits per heavy atom. The molecule has 0 bridgehead atoms. The van der Waals surface area contributed by atoms with Crippen LogP contribution in [0.15, 0.2) is 42.9 Å². The summed E-state index contributed by atoms with van der Waals surface area (Å²) < 4.78 is 8.05. The molecule has 0 spiro atoms. The number of piperidine rings is 1. The van der Waals surface area contributed by atoms with Crippen LogP contribution in [-0.4, -0.2) is 57.0 Å². The molecule has 1 saturated heterocycles. The van der Waals surface area contributed by atoms with Gasteiger partial charge in [0.05, 0.1) is 17.9 Å². The fraction of sp³-hybridized carbons (Fsp3) is 0.462. The molecule has 1 amide bonds. The average Bonchev–Trinajstić information content (AvgIpc) is 3.31. The molecule has 1 aromatic carbocycles. The van der Waals surface area contributed by atoms with E-state index in [0.29, 0.717) is 12.2 Å². The molecule has 8 nitrogen and oxygen atoms in total. The van der Waals surface area contributed by atoms with Crippen LogP contribution in [0.2, 0.25) is 0 Å². The van der Waals surface area contributed by atoms with Crippen LogP contribution in [0.1, 0.15) is 55.2 Å². The molecule has 8 heteroatoms. The van der Waals surface area contributed by atoms with Gasteiger partial charge in [-0.25, -0.2) is 4.68 Å². The third kappa shape index (κ3) is 5.62. The van der Waals surface area contributed by atoms with E-state index in [0.717, 1.165) is 53.9 Å². The molecule has 180 valence electrons. The summed E-state index contributed by atoms with van der Waals surface area (Å²) in [6.07, 6.45) is 7.54. The van der Waals surface area contributed by atoms with Crippen molar-refractivity contribution >= 4 is 5.91 Å². The summed E-state index contributed by atoms with van der Waals surface area (Å²) in [5.74, 6) is 0.585. The first-order chi connectivity index (χ1) is 16.2. The molecular weight excluding hydrogens is 428 g/mol. The van der Waals surface area contributed by atoms with E-state index in [4.69, 9.17) is 4.74 Å². The molecule has 4 rings (SSSR count). The summed E-state index contributed by atoms with van der Waals surface area (Å²) in [5, 5.41) is 11.0. The molecule has 0 unspecified atom stereocenters. The van der Waals surface area contributed by atoms with Gasteiger partial charge in [0.25, 0.3) is 5.91 Å². The van der Waals surface area contributed by atoms with Crippen molar-refractivity contribution < 1.29 is 9.53 Å². The van der Waals surface area contributed by atoms with Crippen molar-refractivity contribution in [2.24, 2.45) is 0 Å². The quantitative estimate of drug-likeness (QED) is 0.600. The number of hydrogen-bond acceptors (Lipinski definition) is 6. The Kier molecular flexibility index (Phi) is 6.97. The van der Waals surface area contributed by atoms with Crippen LogP contribution in [0, 0.1) is 6.92 Å². The Balaban J connectivity index is 1.43. The van der Waals surface area contributed by atoms with Gasteiger partial charge in [-0.15, -0.1) is 5.10 Å². The van der Waals surface area contributed by atoms with Gasteiger partial charge in [0.2, 0.25) is 0 Å². The number of aryl methyl sites for hydroxylation is 1. The van der Waals surface area contributed by atoms with E-state index in [1.807, 2.05) is 33.0 Å².